The fourth-order valence-electron chi connectivity index (χ4n) is 2.06. The van der Waals surface area contributed by atoms with Crippen LogP contribution in [0, 0.1) is 0 Å². The van der Waals surface area contributed by atoms with Crippen LogP contribution in [-0.2, 0) is 9.53 Å². The van der Waals surface area contributed by atoms with Gasteiger partial charge in [0, 0.05) is 5.75 Å². The summed E-state index contributed by atoms with van der Waals surface area (Å²) in [7, 11) is 1.36. The molecule has 0 spiro atoms. The highest BCUT2D eigenvalue weighted by Gasteiger charge is 2.19. The van der Waals surface area contributed by atoms with E-state index in [1.165, 1.54) is 18.2 Å². The largest absolute Gasteiger partial charge is 0.468 e. The van der Waals surface area contributed by atoms with E-state index in [9.17, 15) is 4.79 Å². The quantitative estimate of drug-likeness (QED) is 0.833. The number of carbonyl (C=O) groups excluding carboxylic acids is 1. The van der Waals surface area contributed by atoms with Gasteiger partial charge in [-0.2, -0.15) is 0 Å². The Kier molecular flexibility index (Phi) is 5.84. The lowest BCUT2D eigenvalue weighted by Gasteiger charge is -2.19. The van der Waals surface area contributed by atoms with Crippen molar-refractivity contribution >= 4 is 17.7 Å². The summed E-state index contributed by atoms with van der Waals surface area (Å²) in [6.45, 7) is 0. The average molecular weight is 301 g/mol. The first-order chi connectivity index (χ1) is 10.2. The number of methoxy groups -OCH3 is 1. The summed E-state index contributed by atoms with van der Waals surface area (Å²) in [4.78, 5) is 11.4. The summed E-state index contributed by atoms with van der Waals surface area (Å²) < 4.78 is 4.68. The molecule has 4 heteroatoms. The summed E-state index contributed by atoms with van der Waals surface area (Å²) in [5, 5.41) is 0.156. The summed E-state index contributed by atoms with van der Waals surface area (Å²) >= 11 is 1.65. The number of nitrogens with two attached hydrogens (primary N) is 1. The fraction of sp³-hybridized carbons (Fsp3) is 0.235. The minimum Gasteiger partial charge on any atom is -0.468 e. The third kappa shape index (κ3) is 4.34. The van der Waals surface area contributed by atoms with Crippen molar-refractivity contribution in [3.8, 4) is 0 Å². The number of rotatable bonds is 6. The zero-order chi connectivity index (χ0) is 15.1. The second-order valence-corrected chi connectivity index (χ2v) is 5.80. The van der Waals surface area contributed by atoms with Crippen molar-refractivity contribution in [2.45, 2.75) is 11.3 Å². The predicted molar refractivity (Wildman–Crippen MR) is 87.2 cm³/mol. The van der Waals surface area contributed by atoms with E-state index in [1.807, 2.05) is 36.4 Å². The van der Waals surface area contributed by atoms with Crippen molar-refractivity contribution in [3.63, 3.8) is 0 Å². The van der Waals surface area contributed by atoms with Crippen molar-refractivity contribution in [2.75, 3.05) is 12.9 Å². The summed E-state index contributed by atoms with van der Waals surface area (Å²) in [6.07, 6.45) is 0. The summed E-state index contributed by atoms with van der Waals surface area (Å²) in [5.74, 6) is 0.142. The smallest absolute Gasteiger partial charge is 0.323 e. The molecule has 0 aliphatic rings. The standard InChI is InChI=1S/C17H19NO2S/c1-20-17(19)15(18)12-21-16(13-8-4-2-5-9-13)14-10-6-3-7-11-14/h2-11,15-16H,12,18H2,1H3. The van der Waals surface area contributed by atoms with Crippen LogP contribution in [-0.4, -0.2) is 24.9 Å². The minimum atomic E-state index is -0.602. The molecule has 0 aromatic heterocycles. The number of esters is 1. The zero-order valence-corrected chi connectivity index (χ0v) is 12.8. The molecule has 0 saturated carbocycles. The van der Waals surface area contributed by atoms with Crippen LogP contribution in [0.4, 0.5) is 0 Å². The highest BCUT2D eigenvalue weighted by molar-refractivity contribution is 7.99. The molecule has 2 rings (SSSR count). The second kappa shape index (κ2) is 7.86. The molecule has 0 bridgehead atoms. The predicted octanol–water partition coefficient (Wildman–Crippen LogP) is 3.01. The van der Waals surface area contributed by atoms with Crippen molar-refractivity contribution < 1.29 is 9.53 Å². The maximum Gasteiger partial charge on any atom is 0.323 e. The normalized spacial score (nSPS) is 12.1. The maximum absolute atomic E-state index is 11.4. The molecule has 0 heterocycles. The average Bonchev–Trinajstić information content (AvgIpc) is 2.56. The first-order valence-electron chi connectivity index (χ1n) is 6.77. The molecule has 110 valence electrons. The molecule has 2 N–H and O–H groups in total. The van der Waals surface area contributed by atoms with Gasteiger partial charge >= 0.3 is 5.97 Å². The van der Waals surface area contributed by atoms with Gasteiger partial charge in [-0.3, -0.25) is 4.79 Å². The summed E-state index contributed by atoms with van der Waals surface area (Å²) in [6, 6.07) is 19.8. The van der Waals surface area contributed by atoms with Gasteiger partial charge in [-0.15, -0.1) is 11.8 Å². The van der Waals surface area contributed by atoms with Crippen LogP contribution in [0.2, 0.25) is 0 Å². The van der Waals surface area contributed by atoms with E-state index in [-0.39, 0.29) is 11.2 Å². The van der Waals surface area contributed by atoms with Crippen LogP contribution in [0.25, 0.3) is 0 Å². The first kappa shape index (κ1) is 15.6. The highest BCUT2D eigenvalue weighted by Crippen LogP contribution is 2.35. The molecule has 0 aliphatic carbocycles. The number of carbonyl (C=O) groups is 1. The van der Waals surface area contributed by atoms with E-state index in [0.717, 1.165) is 0 Å². The van der Waals surface area contributed by atoms with E-state index in [4.69, 9.17) is 5.73 Å². The molecule has 0 fully saturated rings. The number of benzene rings is 2. The van der Waals surface area contributed by atoms with Crippen LogP contribution < -0.4 is 5.73 Å². The Bertz CT molecular complexity index is 520. The number of thioether (sulfide) groups is 1. The Hall–Kier alpha value is -1.78. The van der Waals surface area contributed by atoms with Gasteiger partial charge in [-0.25, -0.2) is 0 Å². The molecule has 3 nitrogen and oxygen atoms in total. The van der Waals surface area contributed by atoms with Gasteiger partial charge in [0.05, 0.1) is 12.4 Å². The van der Waals surface area contributed by atoms with E-state index in [1.54, 1.807) is 11.8 Å². The Labute approximate surface area is 129 Å². The zero-order valence-electron chi connectivity index (χ0n) is 11.9. The van der Waals surface area contributed by atoms with Crippen LogP contribution in [0.15, 0.2) is 60.7 Å². The van der Waals surface area contributed by atoms with Crippen LogP contribution >= 0.6 is 11.8 Å². The van der Waals surface area contributed by atoms with Crippen molar-refractivity contribution in [1.29, 1.82) is 0 Å². The second-order valence-electron chi connectivity index (χ2n) is 4.66. The van der Waals surface area contributed by atoms with Crippen LogP contribution in [0.1, 0.15) is 16.4 Å². The maximum atomic E-state index is 11.4. The Morgan fingerprint density at radius 1 is 1.05 bits per heavy atom. The molecule has 0 saturated heterocycles. The van der Waals surface area contributed by atoms with Gasteiger partial charge in [0.2, 0.25) is 0 Å². The molecule has 1 unspecified atom stereocenters. The number of ether oxygens (including phenoxy) is 1. The lowest BCUT2D eigenvalue weighted by molar-refractivity contribution is -0.141. The van der Waals surface area contributed by atoms with E-state index >= 15 is 0 Å². The Morgan fingerprint density at radius 2 is 1.52 bits per heavy atom. The molecule has 2 aromatic rings. The van der Waals surface area contributed by atoms with E-state index < -0.39 is 6.04 Å². The fourth-order valence-corrected chi connectivity index (χ4v) is 3.29. The van der Waals surface area contributed by atoms with Gasteiger partial charge in [0.15, 0.2) is 0 Å². The Morgan fingerprint density at radius 3 is 1.95 bits per heavy atom. The molecule has 2 aromatic carbocycles. The van der Waals surface area contributed by atoms with Gasteiger partial charge in [-0.1, -0.05) is 60.7 Å². The molecule has 0 amide bonds. The monoisotopic (exact) mass is 301 g/mol. The molecule has 0 radical (unpaired) electrons. The highest BCUT2D eigenvalue weighted by atomic mass is 32.2. The van der Waals surface area contributed by atoms with Gasteiger partial charge in [0.25, 0.3) is 0 Å². The Balaban J connectivity index is 2.16. The van der Waals surface area contributed by atoms with E-state index in [0.29, 0.717) is 5.75 Å². The third-order valence-corrected chi connectivity index (χ3v) is 4.58. The molecular weight excluding hydrogens is 282 g/mol. The topological polar surface area (TPSA) is 52.3 Å². The van der Waals surface area contributed by atoms with E-state index in [2.05, 4.69) is 29.0 Å². The lowest BCUT2D eigenvalue weighted by atomic mass is 10.0. The van der Waals surface area contributed by atoms with Gasteiger partial charge in [0.1, 0.15) is 6.04 Å². The molecule has 21 heavy (non-hydrogen) atoms. The van der Waals surface area contributed by atoms with Crippen molar-refractivity contribution in [3.05, 3.63) is 71.8 Å². The van der Waals surface area contributed by atoms with Gasteiger partial charge in [-0.05, 0) is 11.1 Å². The van der Waals surface area contributed by atoms with Crippen molar-refractivity contribution in [2.24, 2.45) is 5.73 Å². The molecule has 0 aliphatic heterocycles. The first-order valence-corrected chi connectivity index (χ1v) is 7.82. The van der Waals surface area contributed by atoms with Crippen LogP contribution in [0.3, 0.4) is 0 Å². The minimum absolute atomic E-state index is 0.156. The van der Waals surface area contributed by atoms with Gasteiger partial charge < -0.3 is 10.5 Å². The number of hydrogen-bond donors (Lipinski definition) is 1. The van der Waals surface area contributed by atoms with Crippen LogP contribution in [0.5, 0.6) is 0 Å². The lowest BCUT2D eigenvalue weighted by Crippen LogP contribution is -2.34. The summed E-state index contributed by atoms with van der Waals surface area (Å²) in [5.41, 5.74) is 8.24. The van der Waals surface area contributed by atoms with Crippen molar-refractivity contribution in [1.82, 2.24) is 0 Å². The number of hydrogen-bond acceptors (Lipinski definition) is 4. The third-order valence-electron chi connectivity index (χ3n) is 3.15. The molecule has 1 atom stereocenters. The SMILES string of the molecule is COC(=O)C(N)CSC(c1ccccc1)c1ccccc1. The molecular formula is C17H19NO2S.